The third kappa shape index (κ3) is 2.95. The van der Waals surface area contributed by atoms with E-state index in [1.54, 1.807) is 13.0 Å². The van der Waals surface area contributed by atoms with Crippen molar-refractivity contribution in [3.8, 4) is 0 Å². The highest BCUT2D eigenvalue weighted by molar-refractivity contribution is 5.93. The van der Waals surface area contributed by atoms with Crippen LogP contribution in [0.4, 0.5) is 15.8 Å². The molecule has 0 saturated heterocycles. The van der Waals surface area contributed by atoms with Crippen LogP contribution in [-0.4, -0.2) is 20.6 Å². The number of nitrogens with zero attached hydrogens (tertiary/aromatic N) is 3. The van der Waals surface area contributed by atoms with Crippen molar-refractivity contribution in [1.29, 1.82) is 0 Å². The maximum absolute atomic E-state index is 13.1. The lowest BCUT2D eigenvalue weighted by molar-refractivity contribution is -0.386. The minimum absolute atomic E-state index is 0.106. The first-order valence-corrected chi connectivity index (χ1v) is 6.57. The molecule has 22 heavy (non-hydrogen) atoms. The number of nitro groups is 1. The molecule has 0 radical (unpaired) electrons. The summed E-state index contributed by atoms with van der Waals surface area (Å²) < 4.78 is 14.4. The van der Waals surface area contributed by atoms with Gasteiger partial charge < -0.3 is 5.32 Å². The fourth-order valence-corrected chi connectivity index (χ4v) is 2.22. The number of anilines is 1. The van der Waals surface area contributed by atoms with Crippen LogP contribution in [0.3, 0.4) is 0 Å². The molecule has 1 N–H and O–H groups in total. The number of carbonyl (C=O) groups excluding carboxylic acids is 1. The molecule has 8 heteroatoms. The minimum Gasteiger partial charge on any atom is -0.324 e. The van der Waals surface area contributed by atoms with Gasteiger partial charge in [0.1, 0.15) is 23.2 Å². The molecule has 0 aliphatic heterocycles. The van der Waals surface area contributed by atoms with Crippen LogP contribution in [0.15, 0.2) is 24.3 Å². The van der Waals surface area contributed by atoms with Gasteiger partial charge in [0, 0.05) is 5.69 Å². The molecule has 0 bridgehead atoms. The van der Waals surface area contributed by atoms with Crippen LogP contribution in [0.25, 0.3) is 0 Å². The number of hydrogen-bond donors (Lipinski definition) is 1. The molecular formula is C14H15FN4O3. The highest BCUT2D eigenvalue weighted by Crippen LogP contribution is 2.25. The van der Waals surface area contributed by atoms with Crippen molar-refractivity contribution in [2.24, 2.45) is 0 Å². The molecule has 0 saturated carbocycles. The molecule has 2 rings (SSSR count). The summed E-state index contributed by atoms with van der Waals surface area (Å²) in [4.78, 5) is 22.7. The van der Waals surface area contributed by atoms with E-state index in [1.807, 2.05) is 0 Å². The summed E-state index contributed by atoms with van der Waals surface area (Å²) in [6.07, 6.45) is 0. The maximum Gasteiger partial charge on any atom is 0.312 e. The zero-order valence-corrected chi connectivity index (χ0v) is 12.3. The highest BCUT2D eigenvalue weighted by atomic mass is 19.1. The number of nitrogens with one attached hydrogen (secondary N) is 1. The summed E-state index contributed by atoms with van der Waals surface area (Å²) in [6, 6.07) is 4.72. The monoisotopic (exact) mass is 306 g/mol. The zero-order chi connectivity index (χ0) is 16.4. The predicted octanol–water partition coefficient (Wildman–Crippen LogP) is 2.75. The van der Waals surface area contributed by atoms with Gasteiger partial charge in [-0.25, -0.2) is 4.39 Å². The van der Waals surface area contributed by atoms with E-state index in [0.29, 0.717) is 11.4 Å². The minimum atomic E-state index is -0.768. The quantitative estimate of drug-likeness (QED) is 0.694. The van der Waals surface area contributed by atoms with Crippen molar-refractivity contribution in [3.63, 3.8) is 0 Å². The average molecular weight is 306 g/mol. The van der Waals surface area contributed by atoms with E-state index in [9.17, 15) is 19.3 Å². The van der Waals surface area contributed by atoms with Crippen molar-refractivity contribution in [2.45, 2.75) is 26.8 Å². The molecule has 1 unspecified atom stereocenters. The molecule has 1 heterocycles. The molecular weight excluding hydrogens is 291 g/mol. The van der Waals surface area contributed by atoms with E-state index in [2.05, 4.69) is 10.4 Å². The van der Waals surface area contributed by atoms with Crippen LogP contribution < -0.4 is 5.32 Å². The van der Waals surface area contributed by atoms with Crippen molar-refractivity contribution in [1.82, 2.24) is 9.78 Å². The number of aryl methyl sites for hydroxylation is 1. The van der Waals surface area contributed by atoms with Gasteiger partial charge in [-0.3, -0.25) is 19.6 Å². The summed E-state index contributed by atoms with van der Waals surface area (Å²) in [5.74, 6) is -0.904. The number of benzene rings is 1. The summed E-state index contributed by atoms with van der Waals surface area (Å²) in [5, 5.41) is 17.6. The summed E-state index contributed by atoms with van der Waals surface area (Å²) in [7, 11) is 0. The normalized spacial score (nSPS) is 12.0. The summed E-state index contributed by atoms with van der Waals surface area (Å²) in [6.45, 7) is 4.61. The first-order chi connectivity index (χ1) is 10.3. The standard InChI is InChI=1S/C14H15FN4O3/c1-8-13(19(21)22)9(2)18(17-8)10(3)14(20)16-12-6-4-5-11(15)7-12/h4-7,10H,1-3H3,(H,16,20). The van der Waals surface area contributed by atoms with E-state index in [4.69, 9.17) is 0 Å². The van der Waals surface area contributed by atoms with Crippen LogP contribution in [0.5, 0.6) is 0 Å². The van der Waals surface area contributed by atoms with Gasteiger partial charge in [0.05, 0.1) is 4.92 Å². The van der Waals surface area contributed by atoms with Gasteiger partial charge in [0.25, 0.3) is 0 Å². The molecule has 1 aromatic heterocycles. The number of amides is 1. The maximum atomic E-state index is 13.1. The van der Waals surface area contributed by atoms with Crippen molar-refractivity contribution < 1.29 is 14.1 Å². The Morgan fingerprint density at radius 2 is 2.14 bits per heavy atom. The van der Waals surface area contributed by atoms with Gasteiger partial charge in [0.15, 0.2) is 0 Å². The largest absolute Gasteiger partial charge is 0.324 e. The molecule has 0 aliphatic rings. The average Bonchev–Trinajstić information content (AvgIpc) is 2.73. The molecule has 2 aromatic rings. The fourth-order valence-electron chi connectivity index (χ4n) is 2.22. The van der Waals surface area contributed by atoms with Gasteiger partial charge >= 0.3 is 5.69 Å². The third-order valence-electron chi connectivity index (χ3n) is 3.31. The second kappa shape index (κ2) is 5.92. The van der Waals surface area contributed by atoms with Crippen LogP contribution in [0.2, 0.25) is 0 Å². The molecule has 0 aliphatic carbocycles. The lowest BCUT2D eigenvalue weighted by atomic mass is 10.2. The number of hydrogen-bond acceptors (Lipinski definition) is 4. The van der Waals surface area contributed by atoms with Crippen molar-refractivity contribution in [3.05, 3.63) is 51.6 Å². The Labute approximate surface area is 125 Å². The van der Waals surface area contributed by atoms with Gasteiger partial charge in [0.2, 0.25) is 5.91 Å². The van der Waals surface area contributed by atoms with Gasteiger partial charge in [-0.2, -0.15) is 5.10 Å². The van der Waals surface area contributed by atoms with Crippen LogP contribution >= 0.6 is 0 Å². The lowest BCUT2D eigenvalue weighted by Gasteiger charge is -2.14. The first kappa shape index (κ1) is 15.6. The summed E-state index contributed by atoms with van der Waals surface area (Å²) in [5.41, 5.74) is 0.746. The van der Waals surface area contributed by atoms with Crippen molar-refractivity contribution in [2.75, 3.05) is 5.32 Å². The second-order valence-electron chi connectivity index (χ2n) is 4.90. The van der Waals surface area contributed by atoms with Crippen LogP contribution in [-0.2, 0) is 4.79 Å². The Balaban J connectivity index is 2.24. The Morgan fingerprint density at radius 3 is 2.68 bits per heavy atom. The Bertz CT molecular complexity index is 742. The topological polar surface area (TPSA) is 90.1 Å². The molecule has 1 atom stereocenters. The Hall–Kier alpha value is -2.77. The van der Waals surface area contributed by atoms with E-state index >= 15 is 0 Å². The highest BCUT2D eigenvalue weighted by Gasteiger charge is 2.27. The number of rotatable bonds is 4. The van der Waals surface area contributed by atoms with Crippen LogP contribution in [0, 0.1) is 29.8 Å². The zero-order valence-electron chi connectivity index (χ0n) is 12.3. The van der Waals surface area contributed by atoms with Gasteiger partial charge in [-0.1, -0.05) is 6.07 Å². The first-order valence-electron chi connectivity index (χ1n) is 6.57. The fraction of sp³-hybridized carbons (Fsp3) is 0.286. The predicted molar refractivity (Wildman–Crippen MR) is 78.1 cm³/mol. The number of carbonyl (C=O) groups is 1. The smallest absolute Gasteiger partial charge is 0.312 e. The van der Waals surface area contributed by atoms with E-state index in [1.165, 1.54) is 36.7 Å². The van der Waals surface area contributed by atoms with Crippen LogP contribution in [0.1, 0.15) is 24.4 Å². The third-order valence-corrected chi connectivity index (χ3v) is 3.31. The van der Waals surface area contributed by atoms with E-state index < -0.39 is 22.7 Å². The van der Waals surface area contributed by atoms with Gasteiger partial charge in [-0.05, 0) is 39.0 Å². The molecule has 0 spiro atoms. The molecule has 7 nitrogen and oxygen atoms in total. The summed E-state index contributed by atoms with van der Waals surface area (Å²) >= 11 is 0. The van der Waals surface area contributed by atoms with E-state index in [0.717, 1.165) is 0 Å². The Morgan fingerprint density at radius 1 is 1.45 bits per heavy atom. The Kier molecular flexibility index (Phi) is 4.20. The van der Waals surface area contributed by atoms with Gasteiger partial charge in [-0.15, -0.1) is 0 Å². The lowest BCUT2D eigenvalue weighted by Crippen LogP contribution is -2.25. The molecule has 0 fully saturated rings. The number of aromatic nitrogens is 2. The molecule has 116 valence electrons. The van der Waals surface area contributed by atoms with E-state index in [-0.39, 0.29) is 11.4 Å². The SMILES string of the molecule is Cc1nn(C(C)C(=O)Nc2cccc(F)c2)c(C)c1[N+](=O)[O-]. The van der Waals surface area contributed by atoms with Crippen molar-refractivity contribution >= 4 is 17.3 Å². The molecule has 1 aromatic carbocycles. The second-order valence-corrected chi connectivity index (χ2v) is 4.90. The number of halogens is 1. The molecule has 1 amide bonds.